The van der Waals surface area contributed by atoms with Crippen molar-refractivity contribution in [3.05, 3.63) is 71.7 Å². The highest BCUT2D eigenvalue weighted by Crippen LogP contribution is 2.16. The van der Waals surface area contributed by atoms with Gasteiger partial charge < -0.3 is 9.47 Å². The Morgan fingerprint density at radius 1 is 1.11 bits per heavy atom. The van der Waals surface area contributed by atoms with Crippen LogP contribution in [0.3, 0.4) is 0 Å². The number of carbonyl (C=O) groups is 1. The maximum absolute atomic E-state index is 13.1. The molecule has 8 heteroatoms. The number of fused-ring (bicyclic) bond motifs is 2. The molecule has 3 aromatic heterocycles. The topological polar surface area (TPSA) is 73.2 Å². The van der Waals surface area contributed by atoms with Gasteiger partial charge >= 0.3 is 0 Å². The standard InChI is InChI=1S/C20H21N7O/c1-24-9-11-27-19(24)16(14-21-27)20(28)25-8-7-18-22-17(23-26(18)12-10-25)13-15-5-3-2-4-6-15/h2-6,9,11,14H,7-8,10,12-13H2,1H3. The van der Waals surface area contributed by atoms with Gasteiger partial charge in [0.2, 0.25) is 0 Å². The molecule has 1 aromatic carbocycles. The summed E-state index contributed by atoms with van der Waals surface area (Å²) < 4.78 is 5.59. The van der Waals surface area contributed by atoms with Crippen LogP contribution < -0.4 is 0 Å². The van der Waals surface area contributed by atoms with Gasteiger partial charge in [-0.25, -0.2) is 14.2 Å². The fraction of sp³-hybridized carbons (Fsp3) is 0.300. The van der Waals surface area contributed by atoms with E-state index in [0.717, 1.165) is 23.7 Å². The summed E-state index contributed by atoms with van der Waals surface area (Å²) in [5.41, 5.74) is 2.65. The van der Waals surface area contributed by atoms with Gasteiger partial charge in [0.05, 0.1) is 12.7 Å². The molecule has 8 nitrogen and oxygen atoms in total. The van der Waals surface area contributed by atoms with Crippen LogP contribution >= 0.6 is 0 Å². The number of carbonyl (C=O) groups excluding carboxylic acids is 1. The lowest BCUT2D eigenvalue weighted by Crippen LogP contribution is -2.33. The van der Waals surface area contributed by atoms with E-state index in [0.29, 0.717) is 31.6 Å². The molecule has 142 valence electrons. The number of nitrogens with zero attached hydrogens (tertiary/aromatic N) is 7. The maximum atomic E-state index is 13.1. The van der Waals surface area contributed by atoms with Gasteiger partial charge in [0.15, 0.2) is 5.82 Å². The molecular weight excluding hydrogens is 354 g/mol. The number of hydrogen-bond donors (Lipinski definition) is 0. The van der Waals surface area contributed by atoms with E-state index in [-0.39, 0.29) is 5.91 Å². The van der Waals surface area contributed by atoms with E-state index in [1.54, 1.807) is 10.7 Å². The van der Waals surface area contributed by atoms with Gasteiger partial charge in [0.25, 0.3) is 5.91 Å². The predicted molar refractivity (Wildman–Crippen MR) is 103 cm³/mol. The largest absolute Gasteiger partial charge is 0.336 e. The van der Waals surface area contributed by atoms with Crippen molar-refractivity contribution < 1.29 is 4.79 Å². The zero-order valence-corrected chi connectivity index (χ0v) is 15.7. The van der Waals surface area contributed by atoms with Gasteiger partial charge in [0.1, 0.15) is 17.0 Å². The second-order valence-electron chi connectivity index (χ2n) is 7.11. The first-order valence-electron chi connectivity index (χ1n) is 9.43. The Morgan fingerprint density at radius 2 is 1.96 bits per heavy atom. The number of aryl methyl sites for hydroxylation is 1. The van der Waals surface area contributed by atoms with Gasteiger partial charge in [-0.15, -0.1) is 0 Å². The van der Waals surface area contributed by atoms with Gasteiger partial charge in [0, 0.05) is 45.4 Å². The van der Waals surface area contributed by atoms with Crippen molar-refractivity contribution in [2.45, 2.75) is 19.4 Å². The SMILES string of the molecule is Cn1ccn2ncc(C(=O)N3CCc4nc(Cc5ccccc5)nn4CC3)c12. The zero-order chi connectivity index (χ0) is 19.1. The highest BCUT2D eigenvalue weighted by molar-refractivity contribution is 5.99. The highest BCUT2D eigenvalue weighted by Gasteiger charge is 2.25. The third kappa shape index (κ3) is 2.87. The molecule has 0 unspecified atom stereocenters. The van der Waals surface area contributed by atoms with Crippen LogP contribution in [0.25, 0.3) is 5.65 Å². The van der Waals surface area contributed by atoms with E-state index >= 15 is 0 Å². The summed E-state index contributed by atoms with van der Waals surface area (Å²) in [5, 5.41) is 8.94. The molecular formula is C20H21N7O. The molecule has 5 rings (SSSR count). The Morgan fingerprint density at radius 3 is 2.82 bits per heavy atom. The number of rotatable bonds is 3. The summed E-state index contributed by atoms with van der Waals surface area (Å²) in [5.74, 6) is 1.79. The minimum absolute atomic E-state index is 0.00654. The fourth-order valence-electron chi connectivity index (χ4n) is 3.78. The van der Waals surface area contributed by atoms with Gasteiger partial charge in [-0.05, 0) is 5.56 Å². The minimum Gasteiger partial charge on any atom is -0.336 e. The van der Waals surface area contributed by atoms with Crippen LogP contribution in [0.5, 0.6) is 0 Å². The van der Waals surface area contributed by atoms with Crippen molar-refractivity contribution in [1.29, 1.82) is 0 Å². The summed E-state index contributed by atoms with van der Waals surface area (Å²) in [7, 11) is 1.92. The molecule has 1 amide bonds. The first kappa shape index (κ1) is 16.7. The molecule has 0 saturated heterocycles. The molecule has 1 aliphatic rings. The molecule has 1 aliphatic heterocycles. The summed E-state index contributed by atoms with van der Waals surface area (Å²) in [4.78, 5) is 19.7. The summed E-state index contributed by atoms with van der Waals surface area (Å²) >= 11 is 0. The van der Waals surface area contributed by atoms with E-state index < -0.39 is 0 Å². The van der Waals surface area contributed by atoms with Crippen LogP contribution in [0.2, 0.25) is 0 Å². The van der Waals surface area contributed by atoms with Gasteiger partial charge in [-0.1, -0.05) is 30.3 Å². The second kappa shape index (κ2) is 6.63. The minimum atomic E-state index is 0.00654. The Kier molecular flexibility index (Phi) is 3.96. The quantitative estimate of drug-likeness (QED) is 0.545. The number of benzene rings is 1. The third-order valence-corrected chi connectivity index (χ3v) is 5.24. The number of hydrogen-bond acceptors (Lipinski definition) is 4. The van der Waals surface area contributed by atoms with E-state index in [1.807, 2.05) is 51.8 Å². The van der Waals surface area contributed by atoms with Crippen molar-refractivity contribution in [3.63, 3.8) is 0 Å². The highest BCUT2D eigenvalue weighted by atomic mass is 16.2. The van der Waals surface area contributed by atoms with E-state index in [4.69, 9.17) is 4.98 Å². The van der Waals surface area contributed by atoms with Gasteiger partial charge in [-0.2, -0.15) is 10.2 Å². The normalized spacial score (nSPS) is 14.2. The molecule has 0 spiro atoms. The smallest absolute Gasteiger partial charge is 0.259 e. The molecule has 0 atom stereocenters. The number of amides is 1. The maximum Gasteiger partial charge on any atom is 0.259 e. The Labute approximate surface area is 162 Å². The van der Waals surface area contributed by atoms with Gasteiger partial charge in [-0.3, -0.25) is 4.79 Å². The first-order valence-corrected chi connectivity index (χ1v) is 9.43. The van der Waals surface area contributed by atoms with Crippen molar-refractivity contribution in [1.82, 2.24) is 33.8 Å². The molecule has 28 heavy (non-hydrogen) atoms. The van der Waals surface area contributed by atoms with Crippen LogP contribution in [0.4, 0.5) is 0 Å². The lowest BCUT2D eigenvalue weighted by atomic mass is 10.1. The monoisotopic (exact) mass is 375 g/mol. The van der Waals surface area contributed by atoms with Crippen LogP contribution in [-0.4, -0.2) is 52.8 Å². The average Bonchev–Trinajstić information content (AvgIpc) is 3.36. The molecule has 0 bridgehead atoms. The Hall–Kier alpha value is -3.42. The molecule has 0 radical (unpaired) electrons. The molecule has 0 N–H and O–H groups in total. The van der Waals surface area contributed by atoms with E-state index in [1.165, 1.54) is 5.56 Å². The fourth-order valence-corrected chi connectivity index (χ4v) is 3.78. The van der Waals surface area contributed by atoms with Crippen LogP contribution in [0.15, 0.2) is 48.9 Å². The Balaban J connectivity index is 1.32. The molecule has 4 aromatic rings. The molecule has 0 fully saturated rings. The lowest BCUT2D eigenvalue weighted by molar-refractivity contribution is 0.0759. The van der Waals surface area contributed by atoms with Crippen molar-refractivity contribution >= 4 is 11.6 Å². The summed E-state index contributed by atoms with van der Waals surface area (Å²) in [6, 6.07) is 10.2. The Bertz CT molecular complexity index is 1110. The second-order valence-corrected chi connectivity index (χ2v) is 7.11. The van der Waals surface area contributed by atoms with Crippen LogP contribution in [0, 0.1) is 0 Å². The van der Waals surface area contributed by atoms with Crippen LogP contribution in [0.1, 0.15) is 27.6 Å². The molecule has 0 saturated carbocycles. The average molecular weight is 375 g/mol. The van der Waals surface area contributed by atoms with Crippen molar-refractivity contribution in [2.24, 2.45) is 7.05 Å². The lowest BCUT2D eigenvalue weighted by Gasteiger charge is -2.19. The zero-order valence-electron chi connectivity index (χ0n) is 15.7. The predicted octanol–water partition coefficient (Wildman–Crippen LogP) is 1.55. The summed E-state index contributed by atoms with van der Waals surface area (Å²) in [6.45, 7) is 1.90. The molecule has 0 aliphatic carbocycles. The summed E-state index contributed by atoms with van der Waals surface area (Å²) in [6.07, 6.45) is 6.82. The molecule has 4 heterocycles. The van der Waals surface area contributed by atoms with Crippen molar-refractivity contribution in [2.75, 3.05) is 13.1 Å². The third-order valence-electron chi connectivity index (χ3n) is 5.24. The van der Waals surface area contributed by atoms with Crippen LogP contribution in [-0.2, 0) is 26.4 Å². The number of imidazole rings is 1. The van der Waals surface area contributed by atoms with Crippen molar-refractivity contribution in [3.8, 4) is 0 Å². The van der Waals surface area contributed by atoms with E-state index in [9.17, 15) is 4.79 Å². The first-order chi connectivity index (χ1) is 13.7. The van der Waals surface area contributed by atoms with E-state index in [2.05, 4.69) is 22.3 Å². The number of aromatic nitrogens is 6.